The molecular formula is C17H15FN2O5S. The lowest BCUT2D eigenvalue weighted by molar-refractivity contribution is -0.117. The molecule has 26 heavy (non-hydrogen) atoms. The number of halogens is 1. The third kappa shape index (κ3) is 4.79. The molecule has 2 aromatic rings. The van der Waals surface area contributed by atoms with Crippen LogP contribution in [0.4, 0.5) is 15.3 Å². The average Bonchev–Trinajstić information content (AvgIpc) is 2.55. The second kappa shape index (κ2) is 7.12. The van der Waals surface area contributed by atoms with E-state index in [-0.39, 0.29) is 24.0 Å². The molecule has 7 nitrogen and oxygen atoms in total. The van der Waals surface area contributed by atoms with E-state index in [4.69, 9.17) is 0 Å². The second-order valence-corrected chi connectivity index (χ2v) is 6.72. The van der Waals surface area contributed by atoms with Gasteiger partial charge in [-0.25, -0.2) is 0 Å². The summed E-state index contributed by atoms with van der Waals surface area (Å²) in [6.45, 7) is 0. The smallest absolute Gasteiger partial charge is 0.358 e. The Morgan fingerprint density at radius 3 is 2.58 bits per heavy atom. The summed E-state index contributed by atoms with van der Waals surface area (Å²) in [5, 5.41) is 5.44. The Balaban J connectivity index is 1.61. The molecule has 0 saturated carbocycles. The first-order valence-electron chi connectivity index (χ1n) is 7.74. The molecule has 0 radical (unpaired) electrons. The van der Waals surface area contributed by atoms with E-state index in [0.29, 0.717) is 18.5 Å². The zero-order chi connectivity index (χ0) is 18.7. The van der Waals surface area contributed by atoms with Crippen LogP contribution in [0.1, 0.15) is 17.5 Å². The number of nitrogens with one attached hydrogen (secondary N) is 2. The van der Waals surface area contributed by atoms with Crippen LogP contribution in [-0.2, 0) is 32.9 Å². The highest BCUT2D eigenvalue weighted by molar-refractivity contribution is 7.81. The first-order chi connectivity index (χ1) is 12.3. The summed E-state index contributed by atoms with van der Waals surface area (Å²) in [5.74, 6) is -0.477. The molecule has 0 atom stereocenters. The maximum Gasteiger partial charge on any atom is 0.488 e. The van der Waals surface area contributed by atoms with Gasteiger partial charge in [-0.1, -0.05) is 16.0 Å². The largest absolute Gasteiger partial charge is 0.488 e. The van der Waals surface area contributed by atoms with Gasteiger partial charge in [0, 0.05) is 17.8 Å². The minimum absolute atomic E-state index is 0.0176. The molecule has 0 aromatic heterocycles. The fourth-order valence-electron chi connectivity index (χ4n) is 2.65. The number of carbonyl (C=O) groups excluding carboxylic acids is 2. The quantitative estimate of drug-likeness (QED) is 0.778. The lowest BCUT2D eigenvalue weighted by Crippen LogP contribution is -2.19. The van der Waals surface area contributed by atoms with Crippen LogP contribution < -0.4 is 14.8 Å². The maximum absolute atomic E-state index is 12.4. The normalized spacial score (nSPS) is 13.5. The van der Waals surface area contributed by atoms with Crippen molar-refractivity contribution in [2.45, 2.75) is 19.3 Å². The third-order valence-electron chi connectivity index (χ3n) is 3.76. The third-order valence-corrected chi connectivity index (χ3v) is 4.16. The topological polar surface area (TPSA) is 102 Å². The number of hydrogen-bond acceptors (Lipinski definition) is 5. The highest BCUT2D eigenvalue weighted by atomic mass is 32.3. The number of benzene rings is 2. The predicted octanol–water partition coefficient (Wildman–Crippen LogP) is 2.35. The van der Waals surface area contributed by atoms with E-state index in [0.717, 1.165) is 16.8 Å². The molecule has 2 amide bonds. The van der Waals surface area contributed by atoms with Gasteiger partial charge >= 0.3 is 10.5 Å². The van der Waals surface area contributed by atoms with Crippen molar-refractivity contribution in [3.8, 4) is 5.75 Å². The second-order valence-electron chi connectivity index (χ2n) is 5.77. The van der Waals surface area contributed by atoms with E-state index < -0.39 is 10.5 Å². The molecule has 0 saturated heterocycles. The Morgan fingerprint density at radius 1 is 1.15 bits per heavy atom. The molecule has 1 aliphatic heterocycles. The van der Waals surface area contributed by atoms with E-state index >= 15 is 0 Å². The Hall–Kier alpha value is -2.94. The zero-order valence-electron chi connectivity index (χ0n) is 13.5. The van der Waals surface area contributed by atoms with Crippen LogP contribution in [0.5, 0.6) is 5.75 Å². The minimum atomic E-state index is -5.08. The number of aryl methyl sites for hydroxylation is 1. The van der Waals surface area contributed by atoms with Crippen molar-refractivity contribution in [2.24, 2.45) is 0 Å². The molecule has 0 aliphatic carbocycles. The van der Waals surface area contributed by atoms with Gasteiger partial charge in [-0.15, -0.1) is 0 Å². The van der Waals surface area contributed by atoms with Gasteiger partial charge in [0.1, 0.15) is 5.75 Å². The van der Waals surface area contributed by atoms with Gasteiger partial charge in [-0.2, -0.15) is 8.42 Å². The first-order valence-corrected chi connectivity index (χ1v) is 9.05. The molecule has 0 spiro atoms. The summed E-state index contributed by atoms with van der Waals surface area (Å²) >= 11 is 0. The summed E-state index contributed by atoms with van der Waals surface area (Å²) < 4.78 is 37.3. The van der Waals surface area contributed by atoms with E-state index in [1.54, 1.807) is 12.1 Å². The fraction of sp³-hybridized carbons (Fsp3) is 0.176. The highest BCUT2D eigenvalue weighted by Crippen LogP contribution is 2.24. The Bertz CT molecular complexity index is 958. The van der Waals surface area contributed by atoms with Crippen LogP contribution in [-0.4, -0.2) is 20.2 Å². The molecule has 0 fully saturated rings. The number of fused-ring (bicyclic) bond motifs is 1. The van der Waals surface area contributed by atoms with Crippen LogP contribution in [0.2, 0.25) is 0 Å². The van der Waals surface area contributed by atoms with Crippen molar-refractivity contribution in [1.29, 1.82) is 0 Å². The van der Waals surface area contributed by atoms with Gasteiger partial charge in [-0.05, 0) is 47.9 Å². The summed E-state index contributed by atoms with van der Waals surface area (Å²) in [7, 11) is -5.08. The van der Waals surface area contributed by atoms with Gasteiger partial charge in [0.15, 0.2) is 0 Å². The molecule has 9 heteroatoms. The van der Waals surface area contributed by atoms with Gasteiger partial charge in [0.25, 0.3) is 0 Å². The van der Waals surface area contributed by atoms with E-state index in [9.17, 15) is 21.9 Å². The van der Waals surface area contributed by atoms with Gasteiger partial charge < -0.3 is 14.8 Å². The van der Waals surface area contributed by atoms with Crippen molar-refractivity contribution in [1.82, 2.24) is 0 Å². The van der Waals surface area contributed by atoms with Crippen LogP contribution in [0.25, 0.3) is 0 Å². The molecule has 136 valence electrons. The Kier molecular flexibility index (Phi) is 4.90. The Morgan fingerprint density at radius 2 is 1.88 bits per heavy atom. The van der Waals surface area contributed by atoms with Crippen molar-refractivity contribution < 1.29 is 26.1 Å². The molecule has 1 heterocycles. The molecule has 2 N–H and O–H groups in total. The van der Waals surface area contributed by atoms with Gasteiger partial charge in [0.05, 0.1) is 6.42 Å². The van der Waals surface area contributed by atoms with Crippen molar-refractivity contribution in [3.63, 3.8) is 0 Å². The van der Waals surface area contributed by atoms with Gasteiger partial charge in [-0.3, -0.25) is 9.59 Å². The zero-order valence-corrected chi connectivity index (χ0v) is 14.3. The molecule has 0 unspecified atom stereocenters. The summed E-state index contributed by atoms with van der Waals surface area (Å²) in [6.07, 6.45) is 1.19. The number of hydrogen-bond donors (Lipinski definition) is 2. The average molecular weight is 378 g/mol. The summed E-state index contributed by atoms with van der Waals surface area (Å²) in [5.41, 5.74) is 2.98. The van der Waals surface area contributed by atoms with Gasteiger partial charge in [0.2, 0.25) is 11.8 Å². The van der Waals surface area contributed by atoms with Crippen LogP contribution >= 0.6 is 0 Å². The molecule has 1 aliphatic rings. The first kappa shape index (κ1) is 17.9. The molecule has 2 aromatic carbocycles. The van der Waals surface area contributed by atoms with Crippen LogP contribution in [0.3, 0.4) is 0 Å². The summed E-state index contributed by atoms with van der Waals surface area (Å²) in [6, 6.07) is 10.7. The van der Waals surface area contributed by atoms with Crippen LogP contribution in [0, 0.1) is 0 Å². The minimum Gasteiger partial charge on any atom is -0.358 e. The predicted molar refractivity (Wildman–Crippen MR) is 92.8 cm³/mol. The van der Waals surface area contributed by atoms with Crippen molar-refractivity contribution >= 4 is 33.7 Å². The lowest BCUT2D eigenvalue weighted by atomic mass is 9.99. The maximum atomic E-state index is 12.4. The molecule has 0 bridgehead atoms. The van der Waals surface area contributed by atoms with Crippen LogP contribution in [0.15, 0.2) is 42.5 Å². The standard InChI is InChI=1S/C17H15FN2O5S/c18-26(23,24)25-14-5-3-13(4-6-14)19-17(22)10-11-1-7-15-12(9-11)2-8-16(21)20-15/h1,3-7,9H,2,8,10H2,(H,19,22)(H,20,21). The highest BCUT2D eigenvalue weighted by Gasteiger charge is 2.15. The van der Waals surface area contributed by atoms with Crippen molar-refractivity contribution in [3.05, 3.63) is 53.6 Å². The number of amides is 2. The number of carbonyl (C=O) groups is 2. The molecule has 3 rings (SSSR count). The van der Waals surface area contributed by atoms with E-state index in [1.165, 1.54) is 24.3 Å². The SMILES string of the molecule is O=C(Cc1ccc2c(c1)CCC(=O)N2)Nc1ccc(OS(=O)(=O)F)cc1. The molecular weight excluding hydrogens is 363 g/mol. The van der Waals surface area contributed by atoms with E-state index in [2.05, 4.69) is 14.8 Å². The fourth-order valence-corrected chi connectivity index (χ4v) is 2.99. The number of anilines is 2. The number of rotatable bonds is 5. The monoisotopic (exact) mass is 378 g/mol. The van der Waals surface area contributed by atoms with E-state index in [1.807, 2.05) is 6.07 Å². The van der Waals surface area contributed by atoms with Crippen molar-refractivity contribution in [2.75, 3.05) is 10.6 Å². The Labute approximate surface area is 149 Å². The summed E-state index contributed by atoms with van der Waals surface area (Å²) in [4.78, 5) is 23.5. The lowest BCUT2D eigenvalue weighted by Gasteiger charge is -2.17.